The lowest BCUT2D eigenvalue weighted by atomic mass is 9.76. The smallest absolute Gasteiger partial charge is 0.274 e. The van der Waals surface area contributed by atoms with E-state index in [0.29, 0.717) is 25.2 Å². The summed E-state index contributed by atoms with van der Waals surface area (Å²) >= 11 is 0. The third kappa shape index (κ3) is 3.95. The van der Waals surface area contributed by atoms with Crippen LogP contribution in [0.25, 0.3) is 0 Å². The molecule has 1 saturated heterocycles. The monoisotopic (exact) mass is 394 g/mol. The van der Waals surface area contributed by atoms with Gasteiger partial charge in [-0.3, -0.25) is 14.6 Å². The van der Waals surface area contributed by atoms with Crippen LogP contribution in [0, 0.1) is 0 Å². The van der Waals surface area contributed by atoms with Crippen LogP contribution >= 0.6 is 0 Å². The van der Waals surface area contributed by atoms with E-state index in [9.17, 15) is 9.59 Å². The highest BCUT2D eigenvalue weighted by atomic mass is 16.5. The Morgan fingerprint density at radius 2 is 1.97 bits per heavy atom. The van der Waals surface area contributed by atoms with E-state index in [1.807, 2.05) is 23.1 Å². The van der Waals surface area contributed by atoms with E-state index >= 15 is 0 Å². The van der Waals surface area contributed by atoms with Gasteiger partial charge in [-0.15, -0.1) is 0 Å². The number of piperidine rings is 1. The Hall–Kier alpha value is -2.96. The SMILES string of the molecule is CN(C)C(=O)C[C@H]1CC2(CCN(C(=O)c3cnccn3)CC2)Oc2ccccc21. The molecule has 1 spiro atoms. The Morgan fingerprint density at radius 3 is 2.66 bits per heavy atom. The first kappa shape index (κ1) is 19.4. The number of ether oxygens (including phenoxy) is 1. The van der Waals surface area contributed by atoms with Crippen LogP contribution in [-0.4, -0.2) is 64.4 Å². The highest BCUT2D eigenvalue weighted by Gasteiger charge is 2.44. The highest BCUT2D eigenvalue weighted by molar-refractivity contribution is 5.92. The summed E-state index contributed by atoms with van der Waals surface area (Å²) in [7, 11) is 3.58. The fourth-order valence-electron chi connectivity index (χ4n) is 4.32. The molecule has 0 radical (unpaired) electrons. The number of amides is 2. The van der Waals surface area contributed by atoms with Crippen LogP contribution in [-0.2, 0) is 4.79 Å². The van der Waals surface area contributed by atoms with Gasteiger partial charge in [0.05, 0.1) is 6.20 Å². The summed E-state index contributed by atoms with van der Waals surface area (Å²) in [6, 6.07) is 8.01. The van der Waals surface area contributed by atoms with Gasteiger partial charge in [-0.25, -0.2) is 4.98 Å². The third-order valence-electron chi connectivity index (χ3n) is 5.97. The molecule has 0 bridgehead atoms. The van der Waals surface area contributed by atoms with Crippen molar-refractivity contribution in [1.29, 1.82) is 0 Å². The van der Waals surface area contributed by atoms with Crippen LogP contribution in [0.1, 0.15) is 47.7 Å². The molecule has 0 saturated carbocycles. The number of carbonyl (C=O) groups excluding carboxylic acids is 2. The Kier molecular flexibility index (Phi) is 5.22. The number of likely N-dealkylation sites (tertiary alicyclic amines) is 1. The van der Waals surface area contributed by atoms with Gasteiger partial charge in [0.25, 0.3) is 5.91 Å². The van der Waals surface area contributed by atoms with Crippen LogP contribution in [0.3, 0.4) is 0 Å². The lowest BCUT2D eigenvalue weighted by Crippen LogP contribution is -2.52. The fraction of sp³-hybridized carbons (Fsp3) is 0.455. The normalized spacial score (nSPS) is 19.9. The second kappa shape index (κ2) is 7.81. The molecule has 1 aromatic heterocycles. The lowest BCUT2D eigenvalue weighted by Gasteiger charge is -2.47. The maximum atomic E-state index is 12.7. The van der Waals surface area contributed by atoms with E-state index in [1.54, 1.807) is 25.2 Å². The number of aromatic nitrogens is 2. The zero-order chi connectivity index (χ0) is 20.4. The molecule has 2 aliphatic rings. The van der Waals surface area contributed by atoms with Gasteiger partial charge in [-0.1, -0.05) is 18.2 Å². The Labute approximate surface area is 170 Å². The lowest BCUT2D eigenvalue weighted by molar-refractivity contribution is -0.129. The van der Waals surface area contributed by atoms with Gasteiger partial charge in [-0.05, 0) is 18.1 Å². The molecule has 1 atom stereocenters. The predicted molar refractivity (Wildman–Crippen MR) is 108 cm³/mol. The highest BCUT2D eigenvalue weighted by Crippen LogP contribution is 2.46. The molecule has 29 heavy (non-hydrogen) atoms. The minimum Gasteiger partial charge on any atom is -0.487 e. The van der Waals surface area contributed by atoms with Gasteiger partial charge < -0.3 is 14.5 Å². The first-order valence-electron chi connectivity index (χ1n) is 10.0. The van der Waals surface area contributed by atoms with Crippen molar-refractivity contribution >= 4 is 11.8 Å². The average Bonchev–Trinajstić information content (AvgIpc) is 2.74. The molecular weight excluding hydrogens is 368 g/mol. The van der Waals surface area contributed by atoms with Crippen molar-refractivity contribution in [2.45, 2.75) is 37.2 Å². The van der Waals surface area contributed by atoms with Crippen molar-refractivity contribution < 1.29 is 14.3 Å². The molecule has 0 N–H and O–H groups in total. The minimum atomic E-state index is -0.343. The topological polar surface area (TPSA) is 75.6 Å². The van der Waals surface area contributed by atoms with Crippen molar-refractivity contribution in [3.63, 3.8) is 0 Å². The van der Waals surface area contributed by atoms with Crippen LogP contribution < -0.4 is 4.74 Å². The first-order valence-corrected chi connectivity index (χ1v) is 10.0. The Bertz CT molecular complexity index is 892. The number of carbonyl (C=O) groups is 2. The summed E-state index contributed by atoms with van der Waals surface area (Å²) < 4.78 is 6.48. The quantitative estimate of drug-likeness (QED) is 0.800. The van der Waals surface area contributed by atoms with Crippen molar-refractivity contribution in [3.8, 4) is 5.75 Å². The second-order valence-corrected chi connectivity index (χ2v) is 8.10. The number of para-hydroxylation sites is 1. The Balaban J connectivity index is 1.50. The summed E-state index contributed by atoms with van der Waals surface area (Å²) in [6.45, 7) is 1.21. The molecule has 152 valence electrons. The molecule has 1 aromatic carbocycles. The van der Waals surface area contributed by atoms with Crippen molar-refractivity contribution in [2.24, 2.45) is 0 Å². The molecule has 3 heterocycles. The molecule has 0 unspecified atom stereocenters. The zero-order valence-corrected chi connectivity index (χ0v) is 16.9. The third-order valence-corrected chi connectivity index (χ3v) is 5.97. The molecule has 1 fully saturated rings. The molecule has 7 heteroatoms. The van der Waals surface area contributed by atoms with Gasteiger partial charge in [0.2, 0.25) is 5.91 Å². The summed E-state index contributed by atoms with van der Waals surface area (Å²) in [5.41, 5.74) is 1.13. The van der Waals surface area contributed by atoms with Gasteiger partial charge in [0, 0.05) is 64.8 Å². The molecule has 4 rings (SSSR count). The van der Waals surface area contributed by atoms with E-state index in [1.165, 1.54) is 12.4 Å². The molecular formula is C22H26N4O3. The number of hydrogen-bond donors (Lipinski definition) is 0. The first-order chi connectivity index (χ1) is 14.0. The van der Waals surface area contributed by atoms with Crippen molar-refractivity contribution in [3.05, 3.63) is 54.1 Å². The van der Waals surface area contributed by atoms with E-state index in [4.69, 9.17) is 4.74 Å². The number of rotatable bonds is 3. The number of benzene rings is 1. The zero-order valence-electron chi connectivity index (χ0n) is 16.9. The van der Waals surface area contributed by atoms with Crippen LogP contribution in [0.4, 0.5) is 0 Å². The van der Waals surface area contributed by atoms with E-state index < -0.39 is 0 Å². The predicted octanol–water partition coefficient (Wildman–Crippen LogP) is 2.50. The molecule has 2 aromatic rings. The summed E-state index contributed by atoms with van der Waals surface area (Å²) in [4.78, 5) is 36.7. The standard InChI is InChI=1S/C22H26N4O3/c1-25(2)20(27)13-16-14-22(29-19-6-4-3-5-17(16)19)7-11-26(12-8-22)21(28)18-15-23-9-10-24-18/h3-6,9-10,15-16H,7-8,11-14H2,1-2H3/t16-/m0/s1. The molecule has 7 nitrogen and oxygen atoms in total. The van der Waals surface area contributed by atoms with Crippen molar-refractivity contribution in [2.75, 3.05) is 27.2 Å². The molecule has 0 aliphatic carbocycles. The van der Waals surface area contributed by atoms with Gasteiger partial charge in [-0.2, -0.15) is 0 Å². The van der Waals surface area contributed by atoms with Crippen LogP contribution in [0.15, 0.2) is 42.9 Å². The van der Waals surface area contributed by atoms with Gasteiger partial charge in [0.15, 0.2) is 0 Å². The van der Waals surface area contributed by atoms with Crippen LogP contribution in [0.2, 0.25) is 0 Å². The summed E-state index contributed by atoms with van der Waals surface area (Å²) in [5.74, 6) is 1.02. The largest absolute Gasteiger partial charge is 0.487 e. The van der Waals surface area contributed by atoms with Crippen LogP contribution in [0.5, 0.6) is 5.75 Å². The number of hydrogen-bond acceptors (Lipinski definition) is 5. The van der Waals surface area contributed by atoms with Crippen molar-refractivity contribution in [1.82, 2.24) is 19.8 Å². The average molecular weight is 394 g/mol. The summed E-state index contributed by atoms with van der Waals surface area (Å²) in [5, 5.41) is 0. The van der Waals surface area contributed by atoms with Gasteiger partial charge >= 0.3 is 0 Å². The minimum absolute atomic E-state index is 0.0940. The van der Waals surface area contributed by atoms with Gasteiger partial charge in [0.1, 0.15) is 17.0 Å². The number of nitrogens with zero attached hydrogens (tertiary/aromatic N) is 4. The maximum Gasteiger partial charge on any atom is 0.274 e. The summed E-state index contributed by atoms with van der Waals surface area (Å²) in [6.07, 6.45) is 7.33. The second-order valence-electron chi connectivity index (χ2n) is 8.10. The molecule has 2 amide bonds. The Morgan fingerprint density at radius 1 is 1.21 bits per heavy atom. The fourth-order valence-corrected chi connectivity index (χ4v) is 4.32. The molecule has 2 aliphatic heterocycles. The van der Waals surface area contributed by atoms with E-state index in [2.05, 4.69) is 16.0 Å². The number of fused-ring (bicyclic) bond motifs is 1. The maximum absolute atomic E-state index is 12.7. The van der Waals surface area contributed by atoms with E-state index in [-0.39, 0.29) is 23.3 Å². The van der Waals surface area contributed by atoms with E-state index in [0.717, 1.165) is 30.6 Å².